The number of ether oxygens (including phenoxy) is 2. The monoisotopic (exact) mass is 591 g/mol. The number of carbonyl (C=O) groups is 5. The van der Waals surface area contributed by atoms with Crippen LogP contribution in [0.1, 0.15) is 35.7 Å². The second-order valence-electron chi connectivity index (χ2n) is 8.86. The number of Topliss-reactive ketones (excluding diaryl/α,β-unsaturated/α-hetero) is 1. The SMILES string of the molecule is CCOC(=O)c1ccc(NC(=O)C(=O)NCc2ccc(/C=C3\C(=O)C(C(=O)OC)=C(C)N3c3ccc(Cl)cc3)o2)cc1. The maximum absolute atomic E-state index is 13.2. The number of methoxy groups -OCH3 is 1. The number of rotatable bonds is 8. The largest absolute Gasteiger partial charge is 0.465 e. The van der Waals surface area contributed by atoms with Gasteiger partial charge in [-0.25, -0.2) is 9.59 Å². The average Bonchev–Trinajstić information content (AvgIpc) is 3.53. The van der Waals surface area contributed by atoms with Crippen molar-refractivity contribution in [2.45, 2.75) is 20.4 Å². The molecule has 1 aliphatic heterocycles. The number of allylic oxidation sites excluding steroid dienone is 2. The van der Waals surface area contributed by atoms with Gasteiger partial charge in [-0.2, -0.15) is 0 Å². The molecular formula is C30H26ClN3O8. The standard InChI is InChI=1S/C30H26ClN3O8/c1-4-41-29(38)18-5-9-20(10-6-18)33-28(37)27(36)32-16-23-14-13-22(42-23)15-24-26(35)25(30(39)40-3)17(2)34(24)21-11-7-19(31)8-12-21/h5-15H,4,16H2,1-3H3,(H,32,36)(H,33,37)/b24-15+. The Balaban J connectivity index is 1.43. The molecule has 0 unspecified atom stereocenters. The Kier molecular flexibility index (Phi) is 9.23. The zero-order valence-electron chi connectivity index (χ0n) is 22.9. The zero-order valence-corrected chi connectivity index (χ0v) is 23.6. The van der Waals surface area contributed by atoms with E-state index >= 15 is 0 Å². The van der Waals surface area contributed by atoms with Crippen molar-refractivity contribution in [3.63, 3.8) is 0 Å². The Bertz CT molecular complexity index is 1600. The number of esters is 2. The van der Waals surface area contributed by atoms with Crippen LogP contribution >= 0.6 is 11.6 Å². The number of halogens is 1. The van der Waals surface area contributed by atoms with Crippen LogP contribution < -0.4 is 15.5 Å². The van der Waals surface area contributed by atoms with E-state index < -0.39 is 29.5 Å². The minimum Gasteiger partial charge on any atom is -0.465 e. The molecule has 4 rings (SSSR count). The second-order valence-corrected chi connectivity index (χ2v) is 9.30. The van der Waals surface area contributed by atoms with Crippen LogP contribution in [-0.2, 0) is 35.2 Å². The van der Waals surface area contributed by atoms with Crippen molar-refractivity contribution in [2.75, 3.05) is 23.9 Å². The molecule has 11 nitrogen and oxygen atoms in total. The van der Waals surface area contributed by atoms with E-state index in [0.29, 0.717) is 33.4 Å². The van der Waals surface area contributed by atoms with Gasteiger partial charge in [-0.15, -0.1) is 0 Å². The summed E-state index contributed by atoms with van der Waals surface area (Å²) in [5, 5.41) is 5.41. The number of hydrogen-bond donors (Lipinski definition) is 2. The maximum atomic E-state index is 13.2. The van der Waals surface area contributed by atoms with Gasteiger partial charge in [0.15, 0.2) is 0 Å². The van der Waals surface area contributed by atoms with Crippen molar-refractivity contribution in [1.29, 1.82) is 0 Å². The normalized spacial score (nSPS) is 13.8. The quantitative estimate of drug-likeness (QED) is 0.170. The third-order valence-corrected chi connectivity index (χ3v) is 6.37. The average molecular weight is 592 g/mol. The number of furan rings is 1. The molecular weight excluding hydrogens is 566 g/mol. The smallest absolute Gasteiger partial charge is 0.343 e. The summed E-state index contributed by atoms with van der Waals surface area (Å²) in [4.78, 5) is 63.6. The summed E-state index contributed by atoms with van der Waals surface area (Å²) in [7, 11) is 1.19. The minimum atomic E-state index is -0.917. The molecule has 0 saturated heterocycles. The summed E-state index contributed by atoms with van der Waals surface area (Å²) in [5.41, 5.74) is 1.63. The molecule has 0 bridgehead atoms. The molecule has 2 aromatic carbocycles. The van der Waals surface area contributed by atoms with Gasteiger partial charge in [0.25, 0.3) is 0 Å². The van der Waals surface area contributed by atoms with Gasteiger partial charge in [-0.1, -0.05) is 11.6 Å². The molecule has 42 heavy (non-hydrogen) atoms. The predicted molar refractivity (Wildman–Crippen MR) is 153 cm³/mol. The first-order valence-electron chi connectivity index (χ1n) is 12.7. The van der Waals surface area contributed by atoms with E-state index in [0.717, 1.165) is 0 Å². The fraction of sp³-hybridized carbons (Fsp3) is 0.167. The number of carbonyl (C=O) groups excluding carboxylic acids is 5. The Morgan fingerprint density at radius 1 is 0.952 bits per heavy atom. The zero-order chi connectivity index (χ0) is 30.4. The summed E-state index contributed by atoms with van der Waals surface area (Å²) >= 11 is 6.02. The number of ketones is 1. The van der Waals surface area contributed by atoms with Gasteiger partial charge in [0.05, 0.1) is 31.5 Å². The van der Waals surface area contributed by atoms with E-state index in [4.69, 9.17) is 25.5 Å². The Morgan fingerprint density at radius 2 is 1.64 bits per heavy atom. The molecule has 2 N–H and O–H groups in total. The molecule has 12 heteroatoms. The van der Waals surface area contributed by atoms with Crippen molar-refractivity contribution in [2.24, 2.45) is 0 Å². The van der Waals surface area contributed by atoms with Crippen molar-refractivity contribution in [3.05, 3.63) is 99.7 Å². The number of nitrogens with one attached hydrogen (secondary N) is 2. The van der Waals surface area contributed by atoms with Gasteiger partial charge in [-0.05, 0) is 74.5 Å². The molecule has 0 spiro atoms. The van der Waals surface area contributed by atoms with Gasteiger partial charge in [0, 0.05) is 28.2 Å². The van der Waals surface area contributed by atoms with Crippen LogP contribution in [0.5, 0.6) is 0 Å². The van der Waals surface area contributed by atoms with Gasteiger partial charge in [0.1, 0.15) is 17.1 Å². The molecule has 0 radical (unpaired) electrons. The number of anilines is 2. The molecule has 1 aliphatic rings. The first kappa shape index (κ1) is 29.8. The van der Waals surface area contributed by atoms with E-state index in [1.54, 1.807) is 55.1 Å². The molecule has 216 valence electrons. The molecule has 0 fully saturated rings. The number of amides is 2. The van der Waals surface area contributed by atoms with E-state index in [9.17, 15) is 24.0 Å². The maximum Gasteiger partial charge on any atom is 0.343 e. The first-order chi connectivity index (χ1) is 20.1. The van der Waals surface area contributed by atoms with Gasteiger partial charge in [0.2, 0.25) is 5.78 Å². The fourth-order valence-electron chi connectivity index (χ4n) is 4.12. The summed E-state index contributed by atoms with van der Waals surface area (Å²) in [5.74, 6) is -3.06. The van der Waals surface area contributed by atoms with E-state index in [-0.39, 0.29) is 30.2 Å². The molecule has 0 atom stereocenters. The lowest BCUT2D eigenvalue weighted by Gasteiger charge is -2.21. The molecule has 0 saturated carbocycles. The number of nitrogens with zero attached hydrogens (tertiary/aromatic N) is 1. The molecule has 1 aromatic heterocycles. The van der Waals surface area contributed by atoms with Crippen LogP contribution in [0, 0.1) is 0 Å². The first-order valence-corrected chi connectivity index (χ1v) is 13.1. The fourth-order valence-corrected chi connectivity index (χ4v) is 4.25. The molecule has 2 heterocycles. The summed E-state index contributed by atoms with van der Waals surface area (Å²) < 4.78 is 15.5. The molecule has 3 aromatic rings. The van der Waals surface area contributed by atoms with Gasteiger partial charge >= 0.3 is 23.8 Å². The third kappa shape index (κ3) is 6.58. The number of benzene rings is 2. The van der Waals surface area contributed by atoms with Crippen LogP contribution in [0.15, 0.2) is 82.0 Å². The summed E-state index contributed by atoms with van der Waals surface area (Å²) in [6.45, 7) is 3.44. The Hall–Kier alpha value is -5.16. The highest BCUT2D eigenvalue weighted by atomic mass is 35.5. The lowest BCUT2D eigenvalue weighted by molar-refractivity contribution is -0.137. The van der Waals surface area contributed by atoms with E-state index in [1.807, 2.05) is 0 Å². The highest BCUT2D eigenvalue weighted by Crippen LogP contribution is 2.36. The van der Waals surface area contributed by atoms with Crippen molar-refractivity contribution >= 4 is 58.6 Å². The molecule has 2 amide bonds. The lowest BCUT2D eigenvalue weighted by Crippen LogP contribution is -2.34. The summed E-state index contributed by atoms with van der Waals surface area (Å²) in [6, 6.07) is 15.8. The highest BCUT2D eigenvalue weighted by Gasteiger charge is 2.38. The topological polar surface area (TPSA) is 144 Å². The lowest BCUT2D eigenvalue weighted by atomic mass is 10.1. The van der Waals surface area contributed by atoms with Crippen molar-refractivity contribution in [3.8, 4) is 0 Å². The highest BCUT2D eigenvalue weighted by molar-refractivity contribution is 6.39. The van der Waals surface area contributed by atoms with Crippen LogP contribution in [-0.4, -0.2) is 43.3 Å². The van der Waals surface area contributed by atoms with Gasteiger partial charge < -0.3 is 29.4 Å². The van der Waals surface area contributed by atoms with Crippen molar-refractivity contribution in [1.82, 2.24) is 5.32 Å². The Morgan fingerprint density at radius 3 is 2.29 bits per heavy atom. The van der Waals surface area contributed by atoms with Crippen LogP contribution in [0.3, 0.4) is 0 Å². The Labute approximate surface area is 245 Å². The van der Waals surface area contributed by atoms with Crippen LogP contribution in [0.25, 0.3) is 6.08 Å². The van der Waals surface area contributed by atoms with E-state index in [2.05, 4.69) is 10.6 Å². The van der Waals surface area contributed by atoms with Crippen molar-refractivity contribution < 1.29 is 37.9 Å². The predicted octanol–water partition coefficient (Wildman–Crippen LogP) is 4.24. The van der Waals surface area contributed by atoms with E-state index in [1.165, 1.54) is 37.5 Å². The second kappa shape index (κ2) is 13.0. The number of hydrogen-bond acceptors (Lipinski definition) is 9. The van der Waals surface area contributed by atoms with Gasteiger partial charge in [-0.3, -0.25) is 14.4 Å². The minimum absolute atomic E-state index is 0.112. The van der Waals surface area contributed by atoms with Crippen LogP contribution in [0.2, 0.25) is 5.02 Å². The molecule has 0 aliphatic carbocycles. The van der Waals surface area contributed by atoms with Crippen LogP contribution in [0.4, 0.5) is 11.4 Å². The summed E-state index contributed by atoms with van der Waals surface area (Å²) in [6.07, 6.45) is 1.47. The third-order valence-electron chi connectivity index (χ3n) is 6.12.